The number of fused-ring (bicyclic) bond motifs is 1. The lowest BCUT2D eigenvalue weighted by Gasteiger charge is -2.15. The van der Waals surface area contributed by atoms with E-state index < -0.39 is 23.7 Å². The Labute approximate surface area is 111 Å². The highest BCUT2D eigenvalue weighted by atomic mass is 35.5. The van der Waals surface area contributed by atoms with Crippen LogP contribution in [0.5, 0.6) is 0 Å². The van der Waals surface area contributed by atoms with Crippen LogP contribution in [0.4, 0.5) is 8.78 Å². The van der Waals surface area contributed by atoms with Crippen LogP contribution in [0.3, 0.4) is 0 Å². The second-order valence-electron chi connectivity index (χ2n) is 4.59. The van der Waals surface area contributed by atoms with Gasteiger partial charge in [0.15, 0.2) is 5.41 Å². The van der Waals surface area contributed by atoms with E-state index in [9.17, 15) is 18.7 Å². The average Bonchev–Trinajstić information content (AvgIpc) is 2.93. The number of carbonyl (C=O) groups is 1. The summed E-state index contributed by atoms with van der Waals surface area (Å²) in [5.41, 5.74) is -2.13. The molecule has 1 aliphatic carbocycles. The average molecular weight is 284 g/mol. The van der Waals surface area contributed by atoms with Crippen LogP contribution in [0.15, 0.2) is 30.5 Å². The quantitative estimate of drug-likeness (QED) is 0.920. The Morgan fingerprint density at radius 3 is 2.63 bits per heavy atom. The zero-order chi connectivity index (χ0) is 13.8. The van der Waals surface area contributed by atoms with Gasteiger partial charge in [0.05, 0.1) is 5.52 Å². The van der Waals surface area contributed by atoms with Gasteiger partial charge in [-0.2, -0.15) is 0 Å². The molecule has 1 N–H and O–H groups in total. The van der Waals surface area contributed by atoms with Crippen LogP contribution < -0.4 is 0 Å². The minimum atomic E-state index is -3.30. The Hall–Kier alpha value is -1.75. The fraction of sp³-hybridized carbons (Fsp3) is 0.231. The second-order valence-corrected chi connectivity index (χ2v) is 5.00. The first-order chi connectivity index (χ1) is 8.90. The van der Waals surface area contributed by atoms with Gasteiger partial charge in [0.1, 0.15) is 0 Å². The summed E-state index contributed by atoms with van der Waals surface area (Å²) < 4.78 is 27.3. The Morgan fingerprint density at radius 1 is 1.37 bits per heavy atom. The maximum Gasteiger partial charge on any atom is 0.320 e. The molecule has 98 valence electrons. The topological polar surface area (TPSA) is 50.2 Å². The Bertz CT molecular complexity index is 704. The number of carboxylic acids is 1. The third kappa shape index (κ3) is 1.48. The molecule has 0 radical (unpaired) electrons. The van der Waals surface area contributed by atoms with Gasteiger partial charge in [-0.15, -0.1) is 0 Å². The minimum Gasteiger partial charge on any atom is -0.480 e. The van der Waals surface area contributed by atoms with Crippen LogP contribution in [-0.4, -0.2) is 22.0 Å². The highest BCUT2D eigenvalue weighted by Crippen LogP contribution is 2.63. The molecule has 3 rings (SSSR count). The van der Waals surface area contributed by atoms with Crippen molar-refractivity contribution in [1.82, 2.24) is 4.98 Å². The third-order valence-corrected chi connectivity index (χ3v) is 3.82. The number of rotatable bonds is 2. The molecule has 1 atom stereocenters. The SMILES string of the molecule is O=C(O)C1(c2c(Cl)ccc3cccnc23)CC1(F)F. The van der Waals surface area contributed by atoms with Gasteiger partial charge in [-0.1, -0.05) is 23.7 Å². The van der Waals surface area contributed by atoms with Crippen LogP contribution in [0, 0.1) is 0 Å². The van der Waals surface area contributed by atoms with Crippen molar-refractivity contribution in [1.29, 1.82) is 0 Å². The van der Waals surface area contributed by atoms with E-state index in [0.29, 0.717) is 5.39 Å². The van der Waals surface area contributed by atoms with E-state index in [1.807, 2.05) is 0 Å². The van der Waals surface area contributed by atoms with Gasteiger partial charge in [-0.25, -0.2) is 8.78 Å². The van der Waals surface area contributed by atoms with Gasteiger partial charge in [0, 0.05) is 28.6 Å². The van der Waals surface area contributed by atoms with Crippen molar-refractivity contribution in [2.24, 2.45) is 0 Å². The fourth-order valence-electron chi connectivity index (χ4n) is 2.43. The molecule has 2 aromatic rings. The van der Waals surface area contributed by atoms with Gasteiger partial charge >= 0.3 is 5.97 Å². The molecule has 1 heterocycles. The molecule has 1 saturated carbocycles. The number of benzene rings is 1. The largest absolute Gasteiger partial charge is 0.480 e. The summed E-state index contributed by atoms with van der Waals surface area (Å²) >= 11 is 5.96. The van der Waals surface area contributed by atoms with E-state index in [-0.39, 0.29) is 16.1 Å². The lowest BCUT2D eigenvalue weighted by atomic mass is 9.92. The van der Waals surface area contributed by atoms with Crippen molar-refractivity contribution < 1.29 is 18.7 Å². The standard InChI is InChI=1S/C13H8ClF2NO2/c14-8-4-3-7-2-1-5-17-10(7)9(8)12(11(18)19)6-13(12,15)16/h1-5H,6H2,(H,18,19). The zero-order valence-corrected chi connectivity index (χ0v) is 10.3. The summed E-state index contributed by atoms with van der Waals surface area (Å²) in [5.74, 6) is -4.87. The summed E-state index contributed by atoms with van der Waals surface area (Å²) in [6, 6.07) is 6.39. The number of carboxylic acid groups (broad SMARTS) is 1. The fourth-order valence-corrected chi connectivity index (χ4v) is 2.74. The summed E-state index contributed by atoms with van der Waals surface area (Å²) in [4.78, 5) is 15.3. The van der Waals surface area contributed by atoms with Crippen molar-refractivity contribution in [3.05, 3.63) is 41.0 Å². The molecule has 0 bridgehead atoms. The van der Waals surface area contributed by atoms with Gasteiger partial charge in [0.2, 0.25) is 0 Å². The number of hydrogen-bond acceptors (Lipinski definition) is 2. The van der Waals surface area contributed by atoms with Gasteiger partial charge < -0.3 is 5.11 Å². The van der Waals surface area contributed by atoms with E-state index in [2.05, 4.69) is 4.98 Å². The van der Waals surface area contributed by atoms with E-state index in [1.54, 1.807) is 18.2 Å². The summed E-state index contributed by atoms with van der Waals surface area (Å²) in [6.07, 6.45) is 0.684. The van der Waals surface area contributed by atoms with Crippen LogP contribution >= 0.6 is 11.6 Å². The van der Waals surface area contributed by atoms with E-state index in [1.165, 1.54) is 12.3 Å². The first-order valence-electron chi connectivity index (χ1n) is 5.55. The van der Waals surface area contributed by atoms with Crippen molar-refractivity contribution in [3.63, 3.8) is 0 Å². The van der Waals surface area contributed by atoms with Crippen LogP contribution in [0.25, 0.3) is 10.9 Å². The number of hydrogen-bond donors (Lipinski definition) is 1. The molecule has 0 amide bonds. The summed E-state index contributed by atoms with van der Waals surface area (Å²) in [7, 11) is 0. The van der Waals surface area contributed by atoms with Gasteiger partial charge in [-0.05, 0) is 12.1 Å². The molecule has 0 aliphatic heterocycles. The van der Waals surface area contributed by atoms with Crippen molar-refractivity contribution in [3.8, 4) is 0 Å². The molecule has 1 unspecified atom stereocenters. The predicted octanol–water partition coefficient (Wildman–Crippen LogP) is 3.25. The van der Waals surface area contributed by atoms with Crippen LogP contribution in [-0.2, 0) is 10.2 Å². The lowest BCUT2D eigenvalue weighted by molar-refractivity contribution is -0.142. The molecular weight excluding hydrogens is 276 g/mol. The minimum absolute atomic E-state index is 0.00535. The number of nitrogens with zero attached hydrogens (tertiary/aromatic N) is 1. The highest BCUT2D eigenvalue weighted by molar-refractivity contribution is 6.33. The molecule has 1 fully saturated rings. The van der Waals surface area contributed by atoms with E-state index >= 15 is 0 Å². The molecule has 1 aromatic carbocycles. The smallest absolute Gasteiger partial charge is 0.320 e. The van der Waals surface area contributed by atoms with Crippen molar-refractivity contribution in [2.45, 2.75) is 17.8 Å². The molecule has 0 saturated heterocycles. The number of alkyl halides is 2. The monoisotopic (exact) mass is 283 g/mol. The van der Waals surface area contributed by atoms with Crippen LogP contribution in [0.1, 0.15) is 12.0 Å². The predicted molar refractivity (Wildman–Crippen MR) is 65.6 cm³/mol. The number of pyridine rings is 1. The first kappa shape index (κ1) is 12.3. The normalized spacial score (nSPS) is 24.4. The van der Waals surface area contributed by atoms with Crippen LogP contribution in [0.2, 0.25) is 5.02 Å². The lowest BCUT2D eigenvalue weighted by Crippen LogP contribution is -2.28. The first-order valence-corrected chi connectivity index (χ1v) is 5.93. The Morgan fingerprint density at radius 2 is 2.05 bits per heavy atom. The second kappa shape index (κ2) is 3.63. The molecule has 1 aromatic heterocycles. The Kier molecular flexibility index (Phi) is 2.35. The molecular formula is C13H8ClF2NO2. The summed E-state index contributed by atoms with van der Waals surface area (Å²) in [5, 5.41) is 9.80. The van der Waals surface area contributed by atoms with Gasteiger partial charge in [0.25, 0.3) is 5.92 Å². The number of halogens is 3. The number of aromatic nitrogens is 1. The molecule has 19 heavy (non-hydrogen) atoms. The third-order valence-electron chi connectivity index (χ3n) is 3.50. The molecule has 1 aliphatic rings. The highest BCUT2D eigenvalue weighted by Gasteiger charge is 2.78. The van der Waals surface area contributed by atoms with E-state index in [4.69, 9.17) is 11.6 Å². The van der Waals surface area contributed by atoms with Crippen molar-refractivity contribution in [2.75, 3.05) is 0 Å². The van der Waals surface area contributed by atoms with E-state index in [0.717, 1.165) is 0 Å². The summed E-state index contributed by atoms with van der Waals surface area (Å²) in [6.45, 7) is 0. The molecule has 6 heteroatoms. The molecule has 0 spiro atoms. The van der Waals surface area contributed by atoms with Gasteiger partial charge in [-0.3, -0.25) is 9.78 Å². The molecule has 3 nitrogen and oxygen atoms in total. The van der Waals surface area contributed by atoms with Crippen molar-refractivity contribution >= 4 is 28.5 Å². The maximum atomic E-state index is 13.6. The zero-order valence-electron chi connectivity index (χ0n) is 9.53. The number of aliphatic carboxylic acids is 1. The maximum absolute atomic E-state index is 13.6. The Balaban J connectivity index is 2.37.